The fourth-order valence-electron chi connectivity index (χ4n) is 2.37. The second-order valence-corrected chi connectivity index (χ2v) is 5.86. The zero-order valence-electron chi connectivity index (χ0n) is 11.0. The SMILES string of the molecule is [11CH3]N1CCc2ccc(N=C(N)c3cccs3)cc2C1. The Kier molecular flexibility index (Phi) is 3.36. The largest absolute Gasteiger partial charge is 0.383 e. The summed E-state index contributed by atoms with van der Waals surface area (Å²) in [6.07, 6.45) is 1.12. The molecule has 0 atom stereocenters. The average Bonchev–Trinajstić information content (AvgIpc) is 2.92. The van der Waals surface area contributed by atoms with Gasteiger partial charge in [0.2, 0.25) is 0 Å². The third-order valence-electron chi connectivity index (χ3n) is 3.42. The Labute approximate surface area is 117 Å². The number of likely N-dealkylation sites (N-methyl/N-ethyl adjacent to an activating group) is 1. The van der Waals surface area contributed by atoms with Gasteiger partial charge in [-0.1, -0.05) is 12.1 Å². The summed E-state index contributed by atoms with van der Waals surface area (Å²) in [6, 6.07) is 10.4. The molecule has 1 aromatic heterocycles. The number of nitrogens with two attached hydrogens (primary N) is 1. The molecule has 98 valence electrons. The van der Waals surface area contributed by atoms with Crippen LogP contribution in [-0.2, 0) is 13.0 Å². The summed E-state index contributed by atoms with van der Waals surface area (Å²) in [5.41, 5.74) is 9.78. The van der Waals surface area contributed by atoms with E-state index in [2.05, 4.69) is 35.1 Å². The molecule has 0 bridgehead atoms. The van der Waals surface area contributed by atoms with Crippen LogP contribution in [-0.4, -0.2) is 24.3 Å². The highest BCUT2D eigenvalue weighted by Crippen LogP contribution is 2.24. The standard InChI is InChI=1S/C15H17N3S/c1-18-7-6-11-4-5-13(9-12(11)10-18)17-15(16)14-3-2-8-19-14/h2-5,8-9H,6-7,10H2,1H3,(H2,16,17)/i1-1. The zero-order chi connectivity index (χ0) is 13.2. The van der Waals surface area contributed by atoms with Gasteiger partial charge in [-0.2, -0.15) is 0 Å². The van der Waals surface area contributed by atoms with Crippen molar-refractivity contribution in [3.05, 3.63) is 51.7 Å². The molecule has 3 rings (SSSR count). The summed E-state index contributed by atoms with van der Waals surface area (Å²) >= 11 is 1.62. The van der Waals surface area contributed by atoms with Gasteiger partial charge in [0.25, 0.3) is 0 Å². The highest BCUT2D eigenvalue weighted by atomic mass is 32.1. The van der Waals surface area contributed by atoms with Crippen LogP contribution in [0, 0.1) is 0 Å². The maximum atomic E-state index is 6.02. The van der Waals surface area contributed by atoms with Crippen molar-refractivity contribution < 1.29 is 0 Å². The number of hydrogen-bond acceptors (Lipinski definition) is 3. The van der Waals surface area contributed by atoms with Crippen LogP contribution in [0.2, 0.25) is 0 Å². The normalized spacial score (nSPS) is 16.4. The molecular formula is C15H17N3S. The summed E-state index contributed by atoms with van der Waals surface area (Å²) in [7, 11) is 2.15. The number of benzene rings is 1. The third kappa shape index (κ3) is 2.69. The predicted octanol–water partition coefficient (Wildman–Crippen LogP) is 2.77. The average molecular weight is 270 g/mol. The smallest absolute Gasteiger partial charge is 0.141 e. The maximum absolute atomic E-state index is 6.02. The third-order valence-corrected chi connectivity index (χ3v) is 4.31. The summed E-state index contributed by atoms with van der Waals surface area (Å²) in [4.78, 5) is 7.88. The highest BCUT2D eigenvalue weighted by molar-refractivity contribution is 7.12. The van der Waals surface area contributed by atoms with Crippen molar-refractivity contribution in [1.82, 2.24) is 4.90 Å². The van der Waals surface area contributed by atoms with Gasteiger partial charge >= 0.3 is 0 Å². The van der Waals surface area contributed by atoms with Gasteiger partial charge in [0.15, 0.2) is 0 Å². The fourth-order valence-corrected chi connectivity index (χ4v) is 3.00. The number of nitrogens with zero attached hydrogens (tertiary/aromatic N) is 2. The Hall–Kier alpha value is -1.65. The lowest BCUT2D eigenvalue weighted by molar-refractivity contribution is 0.313. The number of rotatable bonds is 2. The van der Waals surface area contributed by atoms with Gasteiger partial charge in [0.05, 0.1) is 10.6 Å². The predicted molar refractivity (Wildman–Crippen MR) is 81.2 cm³/mol. The van der Waals surface area contributed by atoms with Gasteiger partial charge in [-0.3, -0.25) is 0 Å². The first-order valence-corrected chi connectivity index (χ1v) is 7.29. The molecule has 0 saturated heterocycles. The zero-order valence-corrected chi connectivity index (χ0v) is 11.8. The molecule has 4 heteroatoms. The van der Waals surface area contributed by atoms with Gasteiger partial charge in [-0.15, -0.1) is 11.3 Å². The molecule has 0 aliphatic carbocycles. The molecule has 0 spiro atoms. The molecule has 1 aliphatic heterocycles. The molecule has 0 radical (unpaired) electrons. The first-order chi connectivity index (χ1) is 9.22. The number of aliphatic imine (C=N–C) groups is 1. The lowest BCUT2D eigenvalue weighted by atomic mass is 9.98. The molecule has 0 unspecified atom stereocenters. The lowest BCUT2D eigenvalue weighted by Gasteiger charge is -2.24. The van der Waals surface area contributed by atoms with Crippen LogP contribution in [0.3, 0.4) is 0 Å². The van der Waals surface area contributed by atoms with E-state index in [1.165, 1.54) is 11.1 Å². The molecule has 0 fully saturated rings. The molecule has 0 amide bonds. The number of hydrogen-bond donors (Lipinski definition) is 1. The Morgan fingerprint density at radius 3 is 3.00 bits per heavy atom. The van der Waals surface area contributed by atoms with Crippen LogP contribution in [0.25, 0.3) is 0 Å². The van der Waals surface area contributed by atoms with Crippen molar-refractivity contribution in [1.29, 1.82) is 0 Å². The Balaban J connectivity index is 1.90. The van der Waals surface area contributed by atoms with Crippen molar-refractivity contribution in [2.75, 3.05) is 13.6 Å². The van der Waals surface area contributed by atoms with Gasteiger partial charge in [0, 0.05) is 13.1 Å². The van der Waals surface area contributed by atoms with Gasteiger partial charge in [0.1, 0.15) is 5.84 Å². The van der Waals surface area contributed by atoms with E-state index in [0.717, 1.165) is 30.1 Å². The van der Waals surface area contributed by atoms with E-state index in [9.17, 15) is 0 Å². The minimum absolute atomic E-state index is 0.596. The van der Waals surface area contributed by atoms with E-state index in [-0.39, 0.29) is 0 Å². The van der Waals surface area contributed by atoms with Crippen molar-refractivity contribution in [3.63, 3.8) is 0 Å². The van der Waals surface area contributed by atoms with Crippen LogP contribution in [0.4, 0.5) is 5.69 Å². The van der Waals surface area contributed by atoms with Gasteiger partial charge in [-0.05, 0) is 48.2 Å². The highest BCUT2D eigenvalue weighted by Gasteiger charge is 2.13. The topological polar surface area (TPSA) is 41.6 Å². The van der Waals surface area contributed by atoms with E-state index in [4.69, 9.17) is 5.73 Å². The van der Waals surface area contributed by atoms with E-state index in [1.54, 1.807) is 11.3 Å². The number of amidine groups is 1. The minimum atomic E-state index is 0.596. The molecule has 1 aromatic carbocycles. The van der Waals surface area contributed by atoms with Gasteiger partial charge in [-0.25, -0.2) is 4.99 Å². The summed E-state index contributed by atoms with van der Waals surface area (Å²) in [5.74, 6) is 0.596. The van der Waals surface area contributed by atoms with E-state index in [1.807, 2.05) is 17.5 Å². The molecule has 2 N–H and O–H groups in total. The maximum Gasteiger partial charge on any atom is 0.141 e. The van der Waals surface area contributed by atoms with Crippen molar-refractivity contribution in [2.45, 2.75) is 13.0 Å². The Bertz CT molecular complexity index is 602. The molecule has 19 heavy (non-hydrogen) atoms. The Morgan fingerprint density at radius 2 is 2.21 bits per heavy atom. The van der Waals surface area contributed by atoms with Crippen LogP contribution in [0.5, 0.6) is 0 Å². The van der Waals surface area contributed by atoms with Crippen LogP contribution >= 0.6 is 11.3 Å². The van der Waals surface area contributed by atoms with Crippen LogP contribution in [0.1, 0.15) is 16.0 Å². The molecule has 1 aliphatic rings. The minimum Gasteiger partial charge on any atom is -0.383 e. The van der Waals surface area contributed by atoms with Gasteiger partial charge < -0.3 is 10.6 Å². The summed E-state index contributed by atoms with van der Waals surface area (Å²) in [6.45, 7) is 2.13. The van der Waals surface area contributed by atoms with Crippen molar-refractivity contribution in [3.8, 4) is 0 Å². The monoisotopic (exact) mass is 270 g/mol. The quantitative estimate of drug-likeness (QED) is 0.673. The van der Waals surface area contributed by atoms with Crippen LogP contribution < -0.4 is 5.73 Å². The fraction of sp³-hybridized carbons (Fsp3) is 0.267. The van der Waals surface area contributed by atoms with Crippen molar-refractivity contribution in [2.24, 2.45) is 10.7 Å². The van der Waals surface area contributed by atoms with E-state index >= 15 is 0 Å². The van der Waals surface area contributed by atoms with E-state index in [0.29, 0.717) is 5.84 Å². The van der Waals surface area contributed by atoms with Crippen molar-refractivity contribution >= 4 is 22.9 Å². The van der Waals surface area contributed by atoms with E-state index < -0.39 is 0 Å². The first kappa shape index (κ1) is 12.4. The number of fused-ring (bicyclic) bond motifs is 1. The molecule has 0 saturated carbocycles. The second kappa shape index (κ2) is 5.15. The first-order valence-electron chi connectivity index (χ1n) is 6.41. The molecular weight excluding hydrogens is 253 g/mol. The summed E-state index contributed by atoms with van der Waals surface area (Å²) < 4.78 is 0. The Morgan fingerprint density at radius 1 is 1.32 bits per heavy atom. The number of thiophene rings is 1. The second-order valence-electron chi connectivity index (χ2n) is 4.92. The van der Waals surface area contributed by atoms with Crippen LogP contribution in [0.15, 0.2) is 40.7 Å². The molecule has 2 heterocycles. The lowest BCUT2D eigenvalue weighted by Crippen LogP contribution is -2.26. The molecule has 2 aromatic rings. The summed E-state index contributed by atoms with van der Waals surface area (Å²) in [5, 5.41) is 2.01. The molecule has 3 nitrogen and oxygen atoms in total.